The monoisotopic (exact) mass is 194 g/mol. The van der Waals surface area contributed by atoms with Gasteiger partial charge in [-0.05, 0) is 12.1 Å². The fourth-order valence-electron chi connectivity index (χ4n) is 1.19. The Hall–Kier alpha value is -1.62. The molecule has 1 N–H and O–H groups in total. The van der Waals surface area contributed by atoms with Gasteiger partial charge < -0.3 is 4.98 Å². The fourth-order valence-corrected chi connectivity index (χ4v) is 1.45. The molecule has 0 spiro atoms. The van der Waals surface area contributed by atoms with E-state index in [2.05, 4.69) is 9.35 Å². The Morgan fingerprint density at radius 1 is 1.23 bits per heavy atom. The highest BCUT2D eigenvalue weighted by atomic mass is 32.2. The van der Waals surface area contributed by atoms with E-state index in [1.165, 1.54) is 0 Å². The van der Waals surface area contributed by atoms with Crippen LogP contribution in [0.1, 0.15) is 0 Å². The molecular weight excluding hydrogens is 188 g/mol. The Kier molecular flexibility index (Phi) is 1.86. The first-order chi connectivity index (χ1) is 6.25. The van der Waals surface area contributed by atoms with Crippen molar-refractivity contribution in [3.8, 4) is 0 Å². The van der Waals surface area contributed by atoms with Crippen molar-refractivity contribution >= 4 is 27.2 Å². The molecule has 0 amide bonds. The maximum Gasteiger partial charge on any atom is 0.317 e. The van der Waals surface area contributed by atoms with Crippen LogP contribution in [0.25, 0.3) is 10.9 Å². The minimum absolute atomic E-state index is 0.356. The quantitative estimate of drug-likeness (QED) is 0.753. The molecule has 0 aliphatic heterocycles. The second kappa shape index (κ2) is 3.02. The Bertz CT molecular complexity index is 528. The van der Waals surface area contributed by atoms with Crippen LogP contribution in [0, 0.1) is 0 Å². The van der Waals surface area contributed by atoms with E-state index >= 15 is 0 Å². The first-order valence-corrected chi connectivity index (χ1v) is 4.68. The second-order valence-corrected chi connectivity index (χ2v) is 3.17. The highest BCUT2D eigenvalue weighted by molar-refractivity contribution is 7.61. The maximum absolute atomic E-state index is 10.3. The summed E-state index contributed by atoms with van der Waals surface area (Å²) in [4.78, 5) is 2.87. The lowest BCUT2D eigenvalue weighted by atomic mass is 10.3. The van der Waals surface area contributed by atoms with Gasteiger partial charge in [-0.3, -0.25) is 0 Å². The third-order valence-electron chi connectivity index (χ3n) is 1.69. The standard InChI is InChI=1S/C8H6N2O2S/c11-13(12)10-8-5-6-3-1-2-4-7(6)9-8/h1-5,9H. The molecule has 4 nitrogen and oxygen atoms in total. The van der Waals surface area contributed by atoms with Gasteiger partial charge in [0.15, 0.2) is 0 Å². The highest BCUT2D eigenvalue weighted by Gasteiger charge is 1.97. The summed E-state index contributed by atoms with van der Waals surface area (Å²) < 4.78 is 23.9. The van der Waals surface area contributed by atoms with E-state index < -0.39 is 10.5 Å². The predicted octanol–water partition coefficient (Wildman–Crippen LogP) is 1.86. The van der Waals surface area contributed by atoms with Gasteiger partial charge in [0, 0.05) is 10.9 Å². The number of aromatic amines is 1. The van der Waals surface area contributed by atoms with E-state index in [4.69, 9.17) is 0 Å². The van der Waals surface area contributed by atoms with Crippen LogP contribution in [0.2, 0.25) is 0 Å². The van der Waals surface area contributed by atoms with Crippen LogP contribution < -0.4 is 0 Å². The average Bonchev–Trinajstić information content (AvgIpc) is 2.44. The number of para-hydroxylation sites is 1. The highest BCUT2D eigenvalue weighted by Crippen LogP contribution is 2.19. The van der Waals surface area contributed by atoms with Crippen molar-refractivity contribution in [3.63, 3.8) is 0 Å². The van der Waals surface area contributed by atoms with Gasteiger partial charge in [0.1, 0.15) is 5.82 Å². The number of aromatic nitrogens is 1. The molecule has 1 aromatic carbocycles. The Labute approximate surface area is 75.9 Å². The van der Waals surface area contributed by atoms with Crippen molar-refractivity contribution in [2.75, 3.05) is 0 Å². The van der Waals surface area contributed by atoms with E-state index in [0.29, 0.717) is 5.82 Å². The van der Waals surface area contributed by atoms with Crippen LogP contribution in [-0.2, 0) is 10.5 Å². The summed E-state index contributed by atoms with van der Waals surface area (Å²) in [6.07, 6.45) is 0. The number of nitrogens with one attached hydrogen (secondary N) is 1. The fraction of sp³-hybridized carbons (Fsp3) is 0. The molecule has 1 heterocycles. The van der Waals surface area contributed by atoms with Crippen molar-refractivity contribution in [1.82, 2.24) is 4.98 Å². The minimum Gasteiger partial charge on any atom is -0.339 e. The first kappa shape index (κ1) is 8.00. The molecule has 0 radical (unpaired) electrons. The molecule has 13 heavy (non-hydrogen) atoms. The normalized spacial score (nSPS) is 10.2. The Morgan fingerprint density at radius 3 is 2.69 bits per heavy atom. The SMILES string of the molecule is O=S(=O)=Nc1cc2ccccc2[nH]1. The summed E-state index contributed by atoms with van der Waals surface area (Å²) >= 11 is 0. The van der Waals surface area contributed by atoms with Gasteiger partial charge in [-0.2, -0.15) is 8.42 Å². The number of benzene rings is 1. The Balaban J connectivity index is 2.69. The van der Waals surface area contributed by atoms with Crippen LogP contribution >= 0.6 is 0 Å². The van der Waals surface area contributed by atoms with Crippen LogP contribution in [0.5, 0.6) is 0 Å². The smallest absolute Gasteiger partial charge is 0.317 e. The molecule has 0 saturated heterocycles. The molecule has 2 rings (SSSR count). The summed E-state index contributed by atoms with van der Waals surface area (Å²) in [5.74, 6) is 0.356. The molecule has 5 heteroatoms. The number of fused-ring (bicyclic) bond motifs is 1. The van der Waals surface area contributed by atoms with Gasteiger partial charge in [-0.1, -0.05) is 18.2 Å². The van der Waals surface area contributed by atoms with Crippen LogP contribution in [0.15, 0.2) is 34.7 Å². The molecule has 1 aromatic heterocycles. The second-order valence-electron chi connectivity index (χ2n) is 2.55. The molecule has 0 bridgehead atoms. The number of nitrogens with zero attached hydrogens (tertiary/aromatic N) is 1. The van der Waals surface area contributed by atoms with Crippen molar-refractivity contribution < 1.29 is 8.42 Å². The van der Waals surface area contributed by atoms with E-state index in [0.717, 1.165) is 10.9 Å². The van der Waals surface area contributed by atoms with Crippen molar-refractivity contribution in [2.45, 2.75) is 0 Å². The molecule has 66 valence electrons. The number of rotatable bonds is 1. The molecule has 0 unspecified atom stereocenters. The lowest BCUT2D eigenvalue weighted by molar-refractivity contribution is 0.622. The summed E-state index contributed by atoms with van der Waals surface area (Å²) in [5, 5.41) is 0.951. The van der Waals surface area contributed by atoms with Gasteiger partial charge in [-0.15, -0.1) is 4.36 Å². The molecule has 0 aliphatic rings. The summed E-state index contributed by atoms with van der Waals surface area (Å²) in [7, 11) is -2.40. The molecule has 0 aliphatic carbocycles. The van der Waals surface area contributed by atoms with E-state index in [9.17, 15) is 8.42 Å². The molecular formula is C8H6N2O2S. The van der Waals surface area contributed by atoms with Crippen molar-refractivity contribution in [1.29, 1.82) is 0 Å². The molecule has 0 saturated carbocycles. The lowest BCUT2D eigenvalue weighted by Crippen LogP contribution is -1.63. The number of H-pyrrole nitrogens is 1. The largest absolute Gasteiger partial charge is 0.339 e. The van der Waals surface area contributed by atoms with Gasteiger partial charge in [0.2, 0.25) is 0 Å². The third kappa shape index (κ3) is 1.59. The van der Waals surface area contributed by atoms with E-state index in [1.807, 2.05) is 24.3 Å². The maximum atomic E-state index is 10.3. The first-order valence-electron chi connectivity index (χ1n) is 3.64. The topological polar surface area (TPSA) is 62.3 Å². The summed E-state index contributed by atoms with van der Waals surface area (Å²) in [6, 6.07) is 9.19. The van der Waals surface area contributed by atoms with E-state index in [-0.39, 0.29) is 0 Å². The molecule has 0 fully saturated rings. The zero-order chi connectivity index (χ0) is 9.26. The average molecular weight is 194 g/mol. The Morgan fingerprint density at radius 2 is 2.00 bits per heavy atom. The zero-order valence-corrected chi connectivity index (χ0v) is 7.38. The van der Waals surface area contributed by atoms with Gasteiger partial charge in [0.05, 0.1) is 0 Å². The zero-order valence-electron chi connectivity index (χ0n) is 6.56. The van der Waals surface area contributed by atoms with Crippen molar-refractivity contribution in [3.05, 3.63) is 30.3 Å². The van der Waals surface area contributed by atoms with Gasteiger partial charge >= 0.3 is 10.5 Å². The van der Waals surface area contributed by atoms with Gasteiger partial charge in [0.25, 0.3) is 0 Å². The lowest BCUT2D eigenvalue weighted by Gasteiger charge is -1.83. The molecule has 0 atom stereocenters. The number of hydrogen-bond acceptors (Lipinski definition) is 3. The summed E-state index contributed by atoms with van der Waals surface area (Å²) in [5.41, 5.74) is 0.881. The van der Waals surface area contributed by atoms with Crippen LogP contribution in [0.4, 0.5) is 5.82 Å². The van der Waals surface area contributed by atoms with Crippen LogP contribution in [0.3, 0.4) is 0 Å². The van der Waals surface area contributed by atoms with E-state index in [1.54, 1.807) is 6.07 Å². The van der Waals surface area contributed by atoms with Gasteiger partial charge in [-0.25, -0.2) is 0 Å². The van der Waals surface area contributed by atoms with Crippen LogP contribution in [-0.4, -0.2) is 13.4 Å². The van der Waals surface area contributed by atoms with Crippen molar-refractivity contribution in [2.24, 2.45) is 4.36 Å². The third-order valence-corrected chi connectivity index (χ3v) is 2.03. The number of hydrogen-bond donors (Lipinski definition) is 1. The summed E-state index contributed by atoms with van der Waals surface area (Å²) in [6.45, 7) is 0. The molecule has 2 aromatic rings. The predicted molar refractivity (Wildman–Crippen MR) is 49.3 cm³/mol. The minimum atomic E-state index is -2.40.